The highest BCUT2D eigenvalue weighted by Gasteiger charge is 2.42. The molecule has 1 aliphatic heterocycles. The van der Waals surface area contributed by atoms with Crippen molar-refractivity contribution < 1.29 is 31.5 Å². The second-order valence-corrected chi connectivity index (χ2v) is 10.9. The summed E-state index contributed by atoms with van der Waals surface area (Å²) in [7, 11) is 0. The summed E-state index contributed by atoms with van der Waals surface area (Å²) in [6.45, 7) is 15.6. The number of hydrogen-bond acceptors (Lipinski definition) is 6. The number of halogens is 5. The summed E-state index contributed by atoms with van der Waals surface area (Å²) >= 11 is 0. The smallest absolute Gasteiger partial charge is 0.370 e. The predicted octanol–water partition coefficient (Wildman–Crippen LogP) is 7.87. The number of ketones is 1. The molecule has 1 aliphatic carbocycles. The van der Waals surface area contributed by atoms with Gasteiger partial charge in [-0.05, 0) is 63.5 Å². The summed E-state index contributed by atoms with van der Waals surface area (Å²) in [5.74, 6) is -1.88. The number of aromatic nitrogens is 2. The highest BCUT2D eigenvalue weighted by atomic mass is 19.4. The van der Waals surface area contributed by atoms with E-state index in [0.29, 0.717) is 17.9 Å². The normalized spacial score (nSPS) is 18.8. The van der Waals surface area contributed by atoms with Crippen molar-refractivity contribution in [3.8, 4) is 0 Å². The van der Waals surface area contributed by atoms with Crippen molar-refractivity contribution in [1.82, 2.24) is 15.1 Å². The van der Waals surface area contributed by atoms with E-state index in [1.54, 1.807) is 6.92 Å². The number of allylic oxidation sites excluding steroid dienone is 3. The van der Waals surface area contributed by atoms with Gasteiger partial charge in [-0.1, -0.05) is 47.1 Å². The molecule has 0 radical (unpaired) electrons. The van der Waals surface area contributed by atoms with Crippen LogP contribution in [0.3, 0.4) is 0 Å². The lowest BCUT2D eigenvalue weighted by Gasteiger charge is -2.33. The minimum atomic E-state index is -4.61. The van der Waals surface area contributed by atoms with Crippen molar-refractivity contribution in [3.05, 3.63) is 50.7 Å². The van der Waals surface area contributed by atoms with Crippen LogP contribution < -0.4 is 5.56 Å². The van der Waals surface area contributed by atoms with Crippen LogP contribution in [0.1, 0.15) is 110 Å². The molecule has 1 saturated heterocycles. The third-order valence-electron chi connectivity index (χ3n) is 7.62. The highest BCUT2D eigenvalue weighted by Crippen LogP contribution is 2.42. The molecule has 0 bridgehead atoms. The van der Waals surface area contributed by atoms with Crippen LogP contribution in [0, 0.1) is 5.92 Å². The molecule has 1 fully saturated rings. The number of nitrogens with zero attached hydrogens (tertiary/aromatic N) is 3. The molecule has 2 heterocycles. The zero-order valence-electron chi connectivity index (χ0n) is 27.3. The number of rotatable bonds is 10. The Morgan fingerprint density at radius 1 is 1.16 bits per heavy atom. The summed E-state index contributed by atoms with van der Waals surface area (Å²) in [5, 5.41) is 5.84. The molecule has 44 heavy (non-hydrogen) atoms. The Kier molecular flexibility index (Phi) is 16.2. The van der Waals surface area contributed by atoms with E-state index in [9.17, 15) is 31.5 Å². The molecule has 2 atom stereocenters. The van der Waals surface area contributed by atoms with Crippen molar-refractivity contribution in [3.63, 3.8) is 0 Å². The van der Waals surface area contributed by atoms with Gasteiger partial charge >= 0.3 is 6.18 Å². The quantitative estimate of drug-likeness (QED) is 0.210. The summed E-state index contributed by atoms with van der Waals surface area (Å²) in [6.07, 6.45) is 4.21. The molecule has 0 amide bonds. The van der Waals surface area contributed by atoms with Crippen LogP contribution in [0.15, 0.2) is 33.3 Å². The van der Waals surface area contributed by atoms with Gasteiger partial charge in [-0.2, -0.15) is 18.3 Å². The molecule has 2 aliphatic rings. The number of H-pyrrole nitrogens is 1. The Morgan fingerprint density at radius 3 is 2.25 bits per heavy atom. The Morgan fingerprint density at radius 2 is 1.77 bits per heavy atom. The van der Waals surface area contributed by atoms with Gasteiger partial charge in [-0.3, -0.25) is 9.59 Å². The van der Waals surface area contributed by atoms with Gasteiger partial charge in [0.15, 0.2) is 5.78 Å². The van der Waals surface area contributed by atoms with E-state index in [1.807, 2.05) is 45.8 Å². The molecule has 250 valence electrons. The number of likely N-dealkylation sites (tertiary alicyclic amines) is 1. The number of fused-ring (bicyclic) bond motifs is 1. The Hall–Kier alpha value is -2.89. The first-order chi connectivity index (χ1) is 20.6. The lowest BCUT2D eigenvalue weighted by atomic mass is 9.90. The summed E-state index contributed by atoms with van der Waals surface area (Å²) in [6, 6.07) is 0. The van der Waals surface area contributed by atoms with E-state index in [2.05, 4.69) is 15.0 Å². The van der Waals surface area contributed by atoms with Crippen molar-refractivity contribution >= 4 is 12.0 Å². The van der Waals surface area contributed by atoms with Gasteiger partial charge < -0.3 is 9.64 Å². The van der Waals surface area contributed by atoms with Gasteiger partial charge in [0, 0.05) is 37.7 Å². The molecule has 3 rings (SSSR count). The van der Waals surface area contributed by atoms with Crippen LogP contribution in [-0.4, -0.2) is 58.8 Å². The number of carbonyl (C=O) groups excluding carboxylic acids is 1. The van der Waals surface area contributed by atoms with Crippen LogP contribution in [0.2, 0.25) is 0 Å². The SMILES string of the molecule is CC.CCC(C)C1CCc2c1n[nH]c(=O)c2C(F)(F)F.C\C=C(/C=N\C(=C\CC)N1CCC(OCC(C)=O)CC1)C(C)(F)F. The van der Waals surface area contributed by atoms with Crippen molar-refractivity contribution in [2.75, 3.05) is 19.7 Å². The van der Waals surface area contributed by atoms with Gasteiger partial charge in [-0.15, -0.1) is 0 Å². The van der Waals surface area contributed by atoms with E-state index < -0.39 is 23.2 Å². The number of aromatic amines is 1. The monoisotopic (exact) mass is 632 g/mol. The van der Waals surface area contributed by atoms with Gasteiger partial charge in [0.25, 0.3) is 11.5 Å². The first-order valence-corrected chi connectivity index (χ1v) is 15.5. The lowest BCUT2D eigenvalue weighted by Crippen LogP contribution is -2.36. The van der Waals surface area contributed by atoms with Gasteiger partial charge in [-0.25, -0.2) is 18.9 Å². The standard InChI is InChI=1S/C18H28F2N2O2.C12H15F3N2O.C2H6/c1-5-7-17(21-12-15(6-2)18(4,19)20)22-10-8-16(9-11-22)24-13-14(3)23;1-3-6(2)7-4-5-8-9(12(13,14)15)11(18)17-16-10(7)8;1-2/h6-7,12,16H,5,8-11,13H2,1-4H3;6-7H,3-5H2,1-2H3,(H,17,18);1-2H3/b15-6+,17-7-,21-12-;;. The fraction of sp³-hybridized carbons (Fsp3) is 0.688. The number of nitrogens with one attached hydrogen (secondary N) is 1. The maximum Gasteiger partial charge on any atom is 0.422 e. The molecule has 7 nitrogen and oxygen atoms in total. The number of aliphatic imine (C=N–C) groups is 1. The third-order valence-corrected chi connectivity index (χ3v) is 7.62. The molecular weight excluding hydrogens is 583 g/mol. The highest BCUT2D eigenvalue weighted by molar-refractivity contribution is 5.81. The molecule has 12 heteroatoms. The molecule has 1 aromatic rings. The number of hydrogen-bond donors (Lipinski definition) is 1. The first-order valence-electron chi connectivity index (χ1n) is 15.5. The third kappa shape index (κ3) is 11.6. The van der Waals surface area contributed by atoms with Crippen LogP contribution in [-0.2, 0) is 22.1 Å². The van der Waals surface area contributed by atoms with Gasteiger partial charge in [0.2, 0.25) is 0 Å². The van der Waals surface area contributed by atoms with Crippen LogP contribution >= 0.6 is 0 Å². The molecular formula is C32H49F5N4O3. The van der Waals surface area contributed by atoms with E-state index in [-0.39, 0.29) is 47.9 Å². The largest absolute Gasteiger partial charge is 0.422 e. The van der Waals surface area contributed by atoms with Gasteiger partial charge in [0.1, 0.15) is 18.0 Å². The second kappa shape index (κ2) is 18.2. The van der Waals surface area contributed by atoms with Crippen LogP contribution in [0.25, 0.3) is 0 Å². The van der Waals surface area contributed by atoms with Crippen molar-refractivity contribution in [2.24, 2.45) is 10.9 Å². The van der Waals surface area contributed by atoms with E-state index in [1.165, 1.54) is 19.2 Å². The van der Waals surface area contributed by atoms with E-state index >= 15 is 0 Å². The number of alkyl halides is 5. The molecule has 1 N–H and O–H groups in total. The molecule has 0 spiro atoms. The average Bonchev–Trinajstić information content (AvgIpc) is 3.39. The molecule has 0 aromatic carbocycles. The second-order valence-electron chi connectivity index (χ2n) is 10.9. The fourth-order valence-corrected chi connectivity index (χ4v) is 5.14. The predicted molar refractivity (Wildman–Crippen MR) is 164 cm³/mol. The number of Topliss-reactive ketones (excluding diaryl/α,β-unsaturated/α-hetero) is 1. The van der Waals surface area contributed by atoms with E-state index in [4.69, 9.17) is 4.74 Å². The lowest BCUT2D eigenvalue weighted by molar-refractivity contribution is -0.139. The van der Waals surface area contributed by atoms with Crippen LogP contribution in [0.4, 0.5) is 22.0 Å². The minimum absolute atomic E-state index is 0.0166. The van der Waals surface area contributed by atoms with E-state index in [0.717, 1.165) is 45.7 Å². The summed E-state index contributed by atoms with van der Waals surface area (Å²) in [4.78, 5) is 28.7. The molecule has 2 unspecified atom stereocenters. The van der Waals surface area contributed by atoms with Crippen molar-refractivity contribution in [2.45, 2.75) is 118 Å². The minimum Gasteiger partial charge on any atom is -0.370 e. The Balaban J connectivity index is 0.000000430. The number of ether oxygens (including phenoxy) is 1. The van der Waals surface area contributed by atoms with Crippen molar-refractivity contribution in [1.29, 1.82) is 0 Å². The zero-order valence-corrected chi connectivity index (χ0v) is 27.3. The first kappa shape index (κ1) is 39.1. The summed E-state index contributed by atoms with van der Waals surface area (Å²) in [5.41, 5.74) is -1.76. The summed E-state index contributed by atoms with van der Waals surface area (Å²) < 4.78 is 71.0. The molecule has 1 aromatic heterocycles. The maximum atomic E-state index is 13.4. The number of piperidine rings is 1. The molecule has 0 saturated carbocycles. The zero-order chi connectivity index (χ0) is 33.7. The van der Waals surface area contributed by atoms with Crippen LogP contribution in [0.5, 0.6) is 0 Å². The average molecular weight is 633 g/mol. The maximum absolute atomic E-state index is 13.4. The number of carbonyl (C=O) groups is 1. The fourth-order valence-electron chi connectivity index (χ4n) is 5.14. The Labute approximate surface area is 258 Å². The Bertz CT molecular complexity index is 1190. The topological polar surface area (TPSA) is 87.7 Å². The van der Waals surface area contributed by atoms with Gasteiger partial charge in [0.05, 0.1) is 11.8 Å².